The fourth-order valence-corrected chi connectivity index (χ4v) is 7.26. The van der Waals surface area contributed by atoms with Gasteiger partial charge in [-0.25, -0.2) is 14.0 Å². The lowest BCUT2D eigenvalue weighted by Crippen LogP contribution is -2.53. The third kappa shape index (κ3) is 9.27. The van der Waals surface area contributed by atoms with Gasteiger partial charge in [0.2, 0.25) is 0 Å². The van der Waals surface area contributed by atoms with Crippen molar-refractivity contribution in [2.75, 3.05) is 31.1 Å². The fraction of sp³-hybridized carbons (Fsp3) is 0.342. The van der Waals surface area contributed by atoms with Crippen LogP contribution in [0.4, 0.5) is 23.7 Å². The Balaban J connectivity index is 1.28. The number of carbonyl (C=O) groups excluding carboxylic acids is 2. The zero-order valence-electron chi connectivity index (χ0n) is 28.6. The first-order valence-corrected chi connectivity index (χ1v) is 17.8. The van der Waals surface area contributed by atoms with E-state index in [0.29, 0.717) is 28.0 Å². The molecular formula is C38H36Cl2F3N3O7. The minimum atomic E-state index is -3.11. The molecule has 0 unspecified atom stereocenters. The number of ether oxygens (including phenoxy) is 4. The van der Waals surface area contributed by atoms with Crippen molar-refractivity contribution in [2.45, 2.75) is 51.6 Å². The molecule has 4 aromatic rings. The molecule has 1 amide bonds. The number of alkyl halides is 2. The molecule has 7 rings (SSSR count). The highest BCUT2D eigenvalue weighted by atomic mass is 35.5. The van der Waals surface area contributed by atoms with Gasteiger partial charge in [-0.15, -0.1) is 0 Å². The number of aromatic nitrogens is 1. The number of rotatable bonds is 13. The summed E-state index contributed by atoms with van der Waals surface area (Å²) in [6.07, 6.45) is 1.78. The number of fused-ring (bicyclic) bond motifs is 3. The van der Waals surface area contributed by atoms with E-state index < -0.39 is 30.6 Å². The molecule has 53 heavy (non-hydrogen) atoms. The molecule has 15 heteroatoms. The number of para-hydroxylation sites is 1. The average Bonchev–Trinajstić information content (AvgIpc) is 3.13. The van der Waals surface area contributed by atoms with Gasteiger partial charge in [0.05, 0.1) is 24.4 Å². The Morgan fingerprint density at radius 1 is 1.00 bits per heavy atom. The lowest BCUT2D eigenvalue weighted by Gasteiger charge is -2.44. The van der Waals surface area contributed by atoms with Crippen LogP contribution in [0.5, 0.6) is 11.5 Å². The van der Waals surface area contributed by atoms with Crippen molar-refractivity contribution in [3.05, 3.63) is 122 Å². The molecule has 3 aliphatic heterocycles. The van der Waals surface area contributed by atoms with Gasteiger partial charge in [-0.2, -0.15) is 13.5 Å². The molecule has 0 N–H and O–H groups in total. The van der Waals surface area contributed by atoms with Gasteiger partial charge in [0.15, 0.2) is 23.9 Å². The summed E-state index contributed by atoms with van der Waals surface area (Å²) in [4.78, 5) is 31.0. The molecule has 2 atom stereocenters. The maximum absolute atomic E-state index is 15.1. The Kier molecular flexibility index (Phi) is 12.2. The van der Waals surface area contributed by atoms with Crippen LogP contribution in [0.3, 0.4) is 0 Å². The molecule has 4 heterocycles. The number of hydrogen-bond acceptors (Lipinski definition) is 8. The van der Waals surface area contributed by atoms with E-state index in [2.05, 4.69) is 9.64 Å². The van der Waals surface area contributed by atoms with Crippen molar-refractivity contribution < 1.29 is 46.4 Å². The van der Waals surface area contributed by atoms with Crippen LogP contribution in [0, 0.1) is 16.9 Å². The minimum absolute atomic E-state index is 0.0107. The molecule has 280 valence electrons. The van der Waals surface area contributed by atoms with Crippen LogP contribution in [0.2, 0.25) is 10.0 Å². The molecular weight excluding hydrogens is 738 g/mol. The van der Waals surface area contributed by atoms with Crippen LogP contribution in [0.15, 0.2) is 79.1 Å². The van der Waals surface area contributed by atoms with E-state index in [1.54, 1.807) is 25.1 Å². The summed E-state index contributed by atoms with van der Waals surface area (Å²) in [5, 5.41) is 12.0. The van der Waals surface area contributed by atoms with Gasteiger partial charge >= 0.3 is 18.7 Å². The summed E-state index contributed by atoms with van der Waals surface area (Å²) in [6.45, 7) is 1.08. The minimum Gasteiger partial charge on any atom is -0.619 e. The Morgan fingerprint density at radius 3 is 2.40 bits per heavy atom. The number of amides is 1. The van der Waals surface area contributed by atoms with Crippen LogP contribution >= 0.6 is 23.2 Å². The number of esters is 1. The molecule has 0 aliphatic carbocycles. The number of carbonyl (C=O) groups is 2. The summed E-state index contributed by atoms with van der Waals surface area (Å²) in [7, 11) is 0. The average molecular weight is 775 g/mol. The van der Waals surface area contributed by atoms with Crippen molar-refractivity contribution in [1.29, 1.82) is 0 Å². The van der Waals surface area contributed by atoms with E-state index in [4.69, 9.17) is 37.4 Å². The zero-order valence-corrected chi connectivity index (χ0v) is 30.1. The fourth-order valence-electron chi connectivity index (χ4n) is 6.66. The van der Waals surface area contributed by atoms with E-state index in [0.717, 1.165) is 38.3 Å². The number of nitrogens with zero attached hydrogens (tertiary/aromatic N) is 3. The summed E-state index contributed by atoms with van der Waals surface area (Å²) >= 11 is 12.7. The molecule has 3 saturated heterocycles. The number of halogens is 5. The van der Waals surface area contributed by atoms with Gasteiger partial charge in [0.25, 0.3) is 0 Å². The van der Waals surface area contributed by atoms with Crippen molar-refractivity contribution in [3.63, 3.8) is 0 Å². The van der Waals surface area contributed by atoms with Crippen LogP contribution in [-0.2, 0) is 22.4 Å². The second-order valence-corrected chi connectivity index (χ2v) is 13.5. The second-order valence-electron chi connectivity index (χ2n) is 12.7. The van der Waals surface area contributed by atoms with Crippen LogP contribution < -0.4 is 19.1 Å². The predicted octanol–water partition coefficient (Wildman–Crippen LogP) is 8.14. The molecule has 0 radical (unpaired) electrons. The Bertz CT molecular complexity index is 1920. The molecule has 10 nitrogen and oxygen atoms in total. The SMILES string of the molecule is CCOc1cc([C@H](Cc2c(Cl)c[n+]([O-])cc2Cl)OC(=O)c2cccc(CN(C(=O)O[C@H]3CN4CCC3CC4)c3ccccc3F)c2)ccc1OC(F)F. The number of piperidine rings is 3. The van der Waals surface area contributed by atoms with E-state index in [9.17, 15) is 23.6 Å². The smallest absolute Gasteiger partial charge is 0.415 e. The van der Waals surface area contributed by atoms with Crippen molar-refractivity contribution in [3.8, 4) is 11.5 Å². The maximum Gasteiger partial charge on any atom is 0.415 e. The molecule has 1 aromatic heterocycles. The number of hydrogen-bond donors (Lipinski definition) is 0. The Hall–Kier alpha value is -4.72. The van der Waals surface area contributed by atoms with E-state index in [1.165, 1.54) is 53.4 Å². The highest BCUT2D eigenvalue weighted by molar-refractivity contribution is 6.35. The highest BCUT2D eigenvalue weighted by Gasteiger charge is 2.38. The largest absolute Gasteiger partial charge is 0.619 e. The van der Waals surface area contributed by atoms with Gasteiger partial charge in [-0.3, -0.25) is 9.80 Å². The first-order chi connectivity index (χ1) is 25.5. The van der Waals surface area contributed by atoms with Gasteiger partial charge in [-0.05, 0) is 86.3 Å². The molecule has 3 aromatic carbocycles. The first-order valence-electron chi connectivity index (χ1n) is 17.0. The summed E-state index contributed by atoms with van der Waals surface area (Å²) in [5.74, 6) is -1.42. The predicted molar refractivity (Wildman–Crippen MR) is 190 cm³/mol. The van der Waals surface area contributed by atoms with Crippen molar-refractivity contribution >= 4 is 41.0 Å². The van der Waals surface area contributed by atoms with Gasteiger partial charge in [0, 0.05) is 18.5 Å². The Labute approximate surface area is 314 Å². The molecule has 0 spiro atoms. The molecule has 0 saturated carbocycles. The van der Waals surface area contributed by atoms with Crippen LogP contribution in [0.1, 0.15) is 52.9 Å². The number of anilines is 1. The second kappa shape index (κ2) is 17.0. The summed E-state index contributed by atoms with van der Waals surface area (Å²) in [5.41, 5.74) is 1.21. The van der Waals surface area contributed by atoms with Crippen molar-refractivity contribution in [1.82, 2.24) is 4.90 Å². The molecule has 3 aliphatic rings. The molecule has 3 fully saturated rings. The zero-order chi connectivity index (χ0) is 37.6. The Morgan fingerprint density at radius 2 is 1.74 bits per heavy atom. The lowest BCUT2D eigenvalue weighted by molar-refractivity contribution is -0.605. The third-order valence-corrected chi connectivity index (χ3v) is 9.92. The van der Waals surface area contributed by atoms with E-state index in [-0.39, 0.29) is 64.4 Å². The quantitative estimate of drug-likeness (QED) is 0.0762. The first kappa shape index (κ1) is 38.0. The molecule has 2 bridgehead atoms. The van der Waals surface area contributed by atoms with Gasteiger partial charge < -0.3 is 24.2 Å². The normalized spacial score (nSPS) is 18.4. The van der Waals surface area contributed by atoms with Gasteiger partial charge in [-0.1, -0.05) is 53.5 Å². The summed E-state index contributed by atoms with van der Waals surface area (Å²) < 4.78 is 63.9. The van der Waals surface area contributed by atoms with Crippen molar-refractivity contribution in [2.24, 2.45) is 5.92 Å². The number of pyridine rings is 1. The standard InChI is InChI=1S/C38H36Cl2F3N3O7/c1-2-50-34-17-25(10-11-32(34)52-37(42)43)33(18-27-28(39)20-45(49)21-29(27)40)51-36(47)26-7-5-6-23(16-26)19-46(31-9-4-3-8-30(31)41)38(48)53-35-22-44-14-12-24(35)13-15-44/h3-11,16-17,20-21,24,33,35,37H,2,12-15,18-19,22H2,1H3/t33-,35-/m0/s1. The van der Waals surface area contributed by atoms with Crippen LogP contribution in [0.25, 0.3) is 0 Å². The van der Waals surface area contributed by atoms with Gasteiger partial charge in [0.1, 0.15) is 28.1 Å². The summed E-state index contributed by atoms with van der Waals surface area (Å²) in [6, 6.07) is 16.3. The van der Waals surface area contributed by atoms with E-state index >= 15 is 4.39 Å². The lowest BCUT2D eigenvalue weighted by atomic mass is 9.86. The van der Waals surface area contributed by atoms with E-state index in [1.807, 2.05) is 0 Å². The maximum atomic E-state index is 15.1. The topological polar surface area (TPSA) is 104 Å². The highest BCUT2D eigenvalue weighted by Crippen LogP contribution is 2.37. The number of benzene rings is 3. The third-order valence-electron chi connectivity index (χ3n) is 9.27. The monoisotopic (exact) mass is 773 g/mol. The van der Waals surface area contributed by atoms with Crippen LogP contribution in [-0.4, -0.2) is 55.9 Å².